The second-order valence-electron chi connectivity index (χ2n) is 7.18. The van der Waals surface area contributed by atoms with Gasteiger partial charge in [0.2, 0.25) is 5.88 Å². The van der Waals surface area contributed by atoms with E-state index in [1.54, 1.807) is 0 Å². The van der Waals surface area contributed by atoms with E-state index < -0.39 is 0 Å². The Labute approximate surface area is 129 Å². The van der Waals surface area contributed by atoms with Crippen molar-refractivity contribution in [2.45, 2.75) is 78.0 Å². The molecule has 0 saturated heterocycles. The van der Waals surface area contributed by atoms with Crippen LogP contribution in [0.2, 0.25) is 0 Å². The molecule has 2 unspecified atom stereocenters. The lowest BCUT2D eigenvalue weighted by molar-refractivity contribution is 0.0856. The third-order valence-electron chi connectivity index (χ3n) is 4.22. The Kier molecular flexibility index (Phi) is 5.63. The fourth-order valence-electron chi connectivity index (χ4n) is 2.93. The molecule has 3 heteroatoms. The molecular weight excluding hydrogens is 260 g/mol. The monoisotopic (exact) mass is 290 g/mol. The van der Waals surface area contributed by atoms with E-state index in [0.717, 1.165) is 18.1 Å². The molecule has 1 saturated carbocycles. The number of pyridine rings is 1. The highest BCUT2D eigenvalue weighted by atomic mass is 16.5. The first-order valence-corrected chi connectivity index (χ1v) is 8.35. The summed E-state index contributed by atoms with van der Waals surface area (Å²) in [5.41, 5.74) is 1.15. The second-order valence-corrected chi connectivity index (χ2v) is 7.18. The van der Waals surface area contributed by atoms with E-state index >= 15 is 0 Å². The van der Waals surface area contributed by atoms with E-state index in [-0.39, 0.29) is 5.54 Å². The highest BCUT2D eigenvalue weighted by Crippen LogP contribution is 2.29. The van der Waals surface area contributed by atoms with Crippen LogP contribution in [-0.4, -0.2) is 16.6 Å². The van der Waals surface area contributed by atoms with Crippen molar-refractivity contribution in [3.63, 3.8) is 0 Å². The van der Waals surface area contributed by atoms with Gasteiger partial charge in [-0.15, -0.1) is 0 Å². The summed E-state index contributed by atoms with van der Waals surface area (Å²) in [4.78, 5) is 4.65. The molecule has 118 valence electrons. The molecule has 0 aliphatic heterocycles. The molecule has 3 nitrogen and oxygen atoms in total. The summed E-state index contributed by atoms with van der Waals surface area (Å²) in [6, 6.07) is 6.09. The first kappa shape index (κ1) is 16.3. The maximum atomic E-state index is 6.19. The van der Waals surface area contributed by atoms with Gasteiger partial charge >= 0.3 is 0 Å². The fourth-order valence-corrected chi connectivity index (χ4v) is 2.93. The topological polar surface area (TPSA) is 34.1 Å². The van der Waals surface area contributed by atoms with E-state index in [1.165, 1.54) is 32.1 Å². The van der Waals surface area contributed by atoms with Crippen LogP contribution < -0.4 is 10.1 Å². The number of hydrogen-bond acceptors (Lipinski definition) is 3. The molecule has 1 aromatic heterocycles. The summed E-state index contributed by atoms with van der Waals surface area (Å²) < 4.78 is 6.19. The zero-order valence-corrected chi connectivity index (χ0v) is 14.0. The predicted octanol–water partition coefficient (Wildman–Crippen LogP) is 4.32. The average Bonchev–Trinajstić information content (AvgIpc) is 2.45. The highest BCUT2D eigenvalue weighted by molar-refractivity contribution is 5.16. The van der Waals surface area contributed by atoms with Gasteiger partial charge in [-0.3, -0.25) is 0 Å². The number of aromatic nitrogens is 1. The molecule has 0 amide bonds. The SMILES string of the molecule is CCC1CCCCC1Oc1cccc(CNC(C)(C)C)n1. The normalized spacial score (nSPS) is 23.0. The minimum atomic E-state index is 0.106. The summed E-state index contributed by atoms with van der Waals surface area (Å²) in [5, 5.41) is 3.47. The van der Waals surface area contributed by atoms with Crippen LogP contribution in [0, 0.1) is 5.92 Å². The third kappa shape index (κ3) is 5.31. The van der Waals surface area contributed by atoms with Gasteiger partial charge in [-0.2, -0.15) is 0 Å². The van der Waals surface area contributed by atoms with Gasteiger partial charge in [0.15, 0.2) is 0 Å². The Balaban J connectivity index is 1.97. The summed E-state index contributed by atoms with van der Waals surface area (Å²) in [7, 11) is 0. The van der Waals surface area contributed by atoms with Gasteiger partial charge in [-0.1, -0.05) is 19.4 Å². The molecule has 0 aromatic carbocycles. The second kappa shape index (κ2) is 7.26. The third-order valence-corrected chi connectivity index (χ3v) is 4.22. The Morgan fingerprint density at radius 3 is 2.71 bits per heavy atom. The van der Waals surface area contributed by atoms with Gasteiger partial charge in [0.25, 0.3) is 0 Å². The fraction of sp³-hybridized carbons (Fsp3) is 0.722. The standard InChI is InChI=1S/C18H30N2O/c1-5-14-9-6-7-11-16(14)21-17-12-8-10-15(20-17)13-19-18(2,3)4/h8,10,12,14,16,19H,5-7,9,11,13H2,1-4H3. The Morgan fingerprint density at radius 1 is 1.24 bits per heavy atom. The van der Waals surface area contributed by atoms with Crippen LogP contribution in [-0.2, 0) is 6.54 Å². The van der Waals surface area contributed by atoms with E-state index in [9.17, 15) is 0 Å². The summed E-state index contributed by atoms with van der Waals surface area (Å²) in [6.45, 7) is 9.55. The van der Waals surface area contributed by atoms with E-state index in [1.807, 2.05) is 12.1 Å². The van der Waals surface area contributed by atoms with Crippen LogP contribution in [0.25, 0.3) is 0 Å². The van der Waals surface area contributed by atoms with Crippen molar-refractivity contribution in [3.05, 3.63) is 23.9 Å². The van der Waals surface area contributed by atoms with Crippen LogP contribution in [0.3, 0.4) is 0 Å². The molecule has 1 aromatic rings. The maximum Gasteiger partial charge on any atom is 0.213 e. The molecule has 2 atom stereocenters. The van der Waals surface area contributed by atoms with Crippen molar-refractivity contribution in [1.29, 1.82) is 0 Å². The van der Waals surface area contributed by atoms with Crippen molar-refractivity contribution in [1.82, 2.24) is 10.3 Å². The molecule has 1 fully saturated rings. The summed E-state index contributed by atoms with van der Waals surface area (Å²) in [5.74, 6) is 1.48. The Bertz CT molecular complexity index is 439. The van der Waals surface area contributed by atoms with Crippen LogP contribution in [0.4, 0.5) is 0 Å². The number of nitrogens with one attached hydrogen (secondary N) is 1. The lowest BCUT2D eigenvalue weighted by Crippen LogP contribution is -2.35. The van der Waals surface area contributed by atoms with Crippen LogP contribution >= 0.6 is 0 Å². The largest absolute Gasteiger partial charge is 0.474 e. The first-order chi connectivity index (χ1) is 9.98. The molecule has 2 rings (SSSR count). The molecule has 1 N–H and O–H groups in total. The zero-order chi connectivity index (χ0) is 15.3. The molecule has 1 aliphatic rings. The minimum Gasteiger partial charge on any atom is -0.474 e. The van der Waals surface area contributed by atoms with Crippen LogP contribution in [0.1, 0.15) is 65.5 Å². The molecular formula is C18H30N2O. The van der Waals surface area contributed by atoms with E-state index in [0.29, 0.717) is 12.0 Å². The minimum absolute atomic E-state index is 0.106. The number of hydrogen-bond donors (Lipinski definition) is 1. The number of nitrogens with zero attached hydrogens (tertiary/aromatic N) is 1. The van der Waals surface area contributed by atoms with Crippen molar-refractivity contribution in [3.8, 4) is 5.88 Å². The van der Waals surface area contributed by atoms with Gasteiger partial charge < -0.3 is 10.1 Å². The van der Waals surface area contributed by atoms with Gasteiger partial charge in [-0.05, 0) is 58.4 Å². The van der Waals surface area contributed by atoms with E-state index in [4.69, 9.17) is 4.74 Å². The molecule has 0 radical (unpaired) electrons. The van der Waals surface area contributed by atoms with Crippen molar-refractivity contribution in [2.24, 2.45) is 5.92 Å². The van der Waals surface area contributed by atoms with Gasteiger partial charge in [-0.25, -0.2) is 4.98 Å². The summed E-state index contributed by atoms with van der Waals surface area (Å²) in [6.07, 6.45) is 6.66. The van der Waals surface area contributed by atoms with Crippen LogP contribution in [0.15, 0.2) is 18.2 Å². The molecule has 1 heterocycles. The van der Waals surface area contributed by atoms with Crippen LogP contribution in [0.5, 0.6) is 5.88 Å². The molecule has 0 bridgehead atoms. The number of rotatable bonds is 5. The smallest absolute Gasteiger partial charge is 0.213 e. The molecule has 1 aliphatic carbocycles. The Morgan fingerprint density at radius 2 is 2.00 bits per heavy atom. The van der Waals surface area contributed by atoms with Crippen molar-refractivity contribution in [2.75, 3.05) is 0 Å². The van der Waals surface area contributed by atoms with Crippen molar-refractivity contribution >= 4 is 0 Å². The van der Waals surface area contributed by atoms with Gasteiger partial charge in [0.05, 0.1) is 5.69 Å². The highest BCUT2D eigenvalue weighted by Gasteiger charge is 2.25. The molecule has 0 spiro atoms. The van der Waals surface area contributed by atoms with Gasteiger partial charge in [0.1, 0.15) is 6.10 Å². The predicted molar refractivity (Wildman–Crippen MR) is 87.5 cm³/mol. The van der Waals surface area contributed by atoms with E-state index in [2.05, 4.69) is 44.1 Å². The lowest BCUT2D eigenvalue weighted by atomic mass is 9.85. The lowest BCUT2D eigenvalue weighted by Gasteiger charge is -2.30. The average molecular weight is 290 g/mol. The summed E-state index contributed by atoms with van der Waals surface area (Å²) >= 11 is 0. The van der Waals surface area contributed by atoms with Crippen molar-refractivity contribution < 1.29 is 4.74 Å². The molecule has 21 heavy (non-hydrogen) atoms. The quantitative estimate of drug-likeness (QED) is 0.877. The van der Waals surface area contributed by atoms with Gasteiger partial charge in [0, 0.05) is 18.2 Å². The Hall–Kier alpha value is -1.09. The zero-order valence-electron chi connectivity index (χ0n) is 14.0. The number of ether oxygens (including phenoxy) is 1. The first-order valence-electron chi connectivity index (χ1n) is 8.35. The maximum absolute atomic E-state index is 6.19.